The van der Waals surface area contributed by atoms with Crippen LogP contribution in [-0.4, -0.2) is 24.4 Å². The van der Waals surface area contributed by atoms with Gasteiger partial charge in [-0.3, -0.25) is 0 Å². The molecule has 1 unspecified atom stereocenters. The number of aliphatic hydroxyl groups is 1. The zero-order chi connectivity index (χ0) is 17.4. The van der Waals surface area contributed by atoms with Gasteiger partial charge >= 0.3 is 6.09 Å². The van der Waals surface area contributed by atoms with Gasteiger partial charge in [-0.1, -0.05) is 52.3 Å². The lowest BCUT2D eigenvalue weighted by Gasteiger charge is -2.18. The summed E-state index contributed by atoms with van der Waals surface area (Å²) in [6, 6.07) is 14.7. The Kier molecular flexibility index (Phi) is 7.08. The van der Waals surface area contributed by atoms with Crippen LogP contribution in [0.25, 0.3) is 0 Å². The molecular formula is C18H20BrNO4. The first-order valence-corrected chi connectivity index (χ1v) is 8.39. The molecule has 0 fully saturated rings. The van der Waals surface area contributed by atoms with Gasteiger partial charge in [-0.15, -0.1) is 0 Å². The lowest BCUT2D eigenvalue weighted by atomic mass is 10.1. The number of carbonyl (C=O) groups excluding carboxylic acids is 1. The molecular weight excluding hydrogens is 374 g/mol. The van der Waals surface area contributed by atoms with Crippen LogP contribution in [0.2, 0.25) is 0 Å². The number of alkyl carbamates (subject to hydrolysis) is 1. The molecule has 0 aliphatic rings. The third-order valence-corrected chi connectivity index (χ3v) is 3.83. The average Bonchev–Trinajstić information content (AvgIpc) is 2.59. The van der Waals surface area contributed by atoms with Gasteiger partial charge in [0.2, 0.25) is 0 Å². The van der Waals surface area contributed by atoms with E-state index in [4.69, 9.17) is 14.6 Å². The summed E-state index contributed by atoms with van der Waals surface area (Å²) >= 11 is 3.38. The highest BCUT2D eigenvalue weighted by Crippen LogP contribution is 2.28. The van der Waals surface area contributed by atoms with Crippen molar-refractivity contribution in [2.45, 2.75) is 19.6 Å². The van der Waals surface area contributed by atoms with Crippen LogP contribution < -0.4 is 10.1 Å². The van der Waals surface area contributed by atoms with E-state index in [1.54, 1.807) is 6.07 Å². The van der Waals surface area contributed by atoms with Gasteiger partial charge in [0.25, 0.3) is 0 Å². The Morgan fingerprint density at radius 1 is 1.25 bits per heavy atom. The van der Waals surface area contributed by atoms with Crippen LogP contribution in [0.15, 0.2) is 53.0 Å². The van der Waals surface area contributed by atoms with Crippen LogP contribution in [-0.2, 0) is 11.3 Å². The van der Waals surface area contributed by atoms with E-state index in [0.29, 0.717) is 5.75 Å². The fourth-order valence-corrected chi connectivity index (χ4v) is 2.51. The van der Waals surface area contributed by atoms with E-state index >= 15 is 0 Å². The number of benzene rings is 2. The molecule has 0 spiro atoms. The second-order valence-corrected chi connectivity index (χ2v) is 6.10. The van der Waals surface area contributed by atoms with Gasteiger partial charge in [0.1, 0.15) is 19.0 Å². The lowest BCUT2D eigenvalue weighted by Crippen LogP contribution is -2.27. The Hall–Kier alpha value is -2.05. The molecule has 5 nitrogen and oxygen atoms in total. The predicted octanol–water partition coefficient (Wildman–Crippen LogP) is 3.81. The number of aliphatic hydroxyl groups excluding tert-OH is 1. The smallest absolute Gasteiger partial charge is 0.407 e. The summed E-state index contributed by atoms with van der Waals surface area (Å²) in [6.45, 7) is 2.17. The largest absolute Gasteiger partial charge is 0.491 e. The first-order valence-electron chi connectivity index (χ1n) is 7.60. The molecule has 128 valence electrons. The van der Waals surface area contributed by atoms with Crippen molar-refractivity contribution in [2.75, 3.05) is 13.2 Å². The minimum atomic E-state index is -0.498. The summed E-state index contributed by atoms with van der Waals surface area (Å²) in [5, 5.41) is 11.7. The van der Waals surface area contributed by atoms with Crippen molar-refractivity contribution in [3.05, 3.63) is 64.1 Å². The Morgan fingerprint density at radius 2 is 2.00 bits per heavy atom. The van der Waals surface area contributed by atoms with E-state index in [-0.39, 0.29) is 25.9 Å². The van der Waals surface area contributed by atoms with Crippen molar-refractivity contribution in [1.82, 2.24) is 5.32 Å². The Labute approximate surface area is 149 Å². The molecule has 24 heavy (non-hydrogen) atoms. The molecule has 0 aliphatic carbocycles. The van der Waals surface area contributed by atoms with E-state index in [9.17, 15) is 4.79 Å². The number of halogens is 1. The number of nitrogens with one attached hydrogen (secondary N) is 1. The van der Waals surface area contributed by atoms with Gasteiger partial charge < -0.3 is 19.9 Å². The first-order chi connectivity index (χ1) is 11.6. The number of ether oxygens (including phenoxy) is 2. The molecule has 2 N–H and O–H groups in total. The quantitative estimate of drug-likeness (QED) is 0.750. The van der Waals surface area contributed by atoms with Gasteiger partial charge in [-0.05, 0) is 24.6 Å². The second-order valence-electron chi connectivity index (χ2n) is 5.18. The number of hydrogen-bond donors (Lipinski definition) is 2. The molecule has 0 heterocycles. The molecule has 0 radical (unpaired) electrons. The van der Waals surface area contributed by atoms with Gasteiger partial charge in [-0.25, -0.2) is 4.79 Å². The Balaban J connectivity index is 1.95. The zero-order valence-corrected chi connectivity index (χ0v) is 15.0. The number of carbonyl (C=O) groups is 1. The van der Waals surface area contributed by atoms with Crippen LogP contribution >= 0.6 is 15.9 Å². The van der Waals surface area contributed by atoms with Crippen LogP contribution in [0.1, 0.15) is 24.1 Å². The molecule has 0 bridgehead atoms. The molecule has 1 atom stereocenters. The van der Waals surface area contributed by atoms with E-state index in [1.807, 2.05) is 49.4 Å². The van der Waals surface area contributed by atoms with E-state index in [2.05, 4.69) is 21.2 Å². The maximum Gasteiger partial charge on any atom is 0.407 e. The molecule has 0 aromatic heterocycles. The van der Waals surface area contributed by atoms with Gasteiger partial charge in [0.05, 0.1) is 12.6 Å². The zero-order valence-electron chi connectivity index (χ0n) is 13.4. The fourth-order valence-electron chi connectivity index (χ4n) is 2.17. The first kappa shape index (κ1) is 18.3. The topological polar surface area (TPSA) is 67.8 Å². The monoisotopic (exact) mass is 393 g/mol. The van der Waals surface area contributed by atoms with Crippen molar-refractivity contribution in [3.8, 4) is 5.75 Å². The Morgan fingerprint density at radius 3 is 2.71 bits per heavy atom. The highest BCUT2D eigenvalue weighted by atomic mass is 79.9. The van der Waals surface area contributed by atoms with Crippen molar-refractivity contribution in [2.24, 2.45) is 0 Å². The highest BCUT2D eigenvalue weighted by molar-refractivity contribution is 9.10. The minimum absolute atomic E-state index is 0.0765. The normalized spacial score (nSPS) is 11.6. The molecule has 2 rings (SSSR count). The number of rotatable bonds is 7. The number of hydrogen-bond acceptors (Lipinski definition) is 4. The van der Waals surface area contributed by atoms with Crippen LogP contribution in [0.3, 0.4) is 0 Å². The van der Waals surface area contributed by atoms with E-state index < -0.39 is 6.09 Å². The van der Waals surface area contributed by atoms with Crippen LogP contribution in [0.5, 0.6) is 5.75 Å². The lowest BCUT2D eigenvalue weighted by molar-refractivity contribution is 0.136. The SMILES string of the molecule is CC(NC(=O)OCc1ccccc1)c1ccc(Br)cc1OCCO. The average molecular weight is 394 g/mol. The third-order valence-electron chi connectivity index (χ3n) is 3.34. The van der Waals surface area contributed by atoms with Gasteiger partial charge in [0, 0.05) is 10.0 Å². The predicted molar refractivity (Wildman–Crippen MR) is 94.9 cm³/mol. The van der Waals surface area contributed by atoms with E-state index in [1.165, 1.54) is 0 Å². The van der Waals surface area contributed by atoms with E-state index in [0.717, 1.165) is 15.6 Å². The van der Waals surface area contributed by atoms with Crippen LogP contribution in [0.4, 0.5) is 4.79 Å². The summed E-state index contributed by atoms with van der Waals surface area (Å²) in [4.78, 5) is 12.0. The number of amides is 1. The molecule has 0 aliphatic heterocycles. The Bertz CT molecular complexity index is 663. The molecule has 6 heteroatoms. The van der Waals surface area contributed by atoms with Crippen molar-refractivity contribution in [1.29, 1.82) is 0 Å². The molecule has 2 aromatic carbocycles. The highest BCUT2D eigenvalue weighted by Gasteiger charge is 2.15. The third kappa shape index (κ3) is 5.54. The summed E-state index contributed by atoms with van der Waals surface area (Å²) in [5.41, 5.74) is 1.74. The maximum atomic E-state index is 12.0. The maximum absolute atomic E-state index is 12.0. The molecule has 1 amide bonds. The van der Waals surface area contributed by atoms with Crippen molar-refractivity contribution < 1.29 is 19.4 Å². The fraction of sp³-hybridized carbons (Fsp3) is 0.278. The van der Waals surface area contributed by atoms with Crippen LogP contribution in [0, 0.1) is 0 Å². The summed E-state index contributed by atoms with van der Waals surface area (Å²) in [6.07, 6.45) is -0.498. The molecule has 0 saturated carbocycles. The molecule has 2 aromatic rings. The standard InChI is InChI=1S/C18H20BrNO4/c1-13(16-8-7-15(19)11-17(16)23-10-9-21)20-18(22)24-12-14-5-3-2-4-6-14/h2-8,11,13,21H,9-10,12H2,1H3,(H,20,22). The minimum Gasteiger partial charge on any atom is -0.491 e. The summed E-state index contributed by atoms with van der Waals surface area (Å²) < 4.78 is 11.6. The summed E-state index contributed by atoms with van der Waals surface area (Å²) in [5.74, 6) is 0.606. The van der Waals surface area contributed by atoms with Crippen molar-refractivity contribution in [3.63, 3.8) is 0 Å². The van der Waals surface area contributed by atoms with Crippen molar-refractivity contribution >= 4 is 22.0 Å². The summed E-state index contributed by atoms with van der Waals surface area (Å²) in [7, 11) is 0. The van der Waals surface area contributed by atoms with Gasteiger partial charge in [0.15, 0.2) is 0 Å². The molecule has 0 saturated heterocycles. The van der Waals surface area contributed by atoms with Gasteiger partial charge in [-0.2, -0.15) is 0 Å². The second kappa shape index (κ2) is 9.30.